The Morgan fingerprint density at radius 3 is 2.50 bits per heavy atom. The van der Waals surface area contributed by atoms with E-state index < -0.39 is 5.97 Å². The third kappa shape index (κ3) is 4.66. The molecule has 0 saturated heterocycles. The number of rotatable bonds is 7. The van der Waals surface area contributed by atoms with Crippen LogP contribution in [0.5, 0.6) is 0 Å². The average Bonchev–Trinajstić information content (AvgIpc) is 3.10. The van der Waals surface area contributed by atoms with Gasteiger partial charge in [0.1, 0.15) is 6.54 Å². The summed E-state index contributed by atoms with van der Waals surface area (Å²) in [5, 5.41) is 8.78. The first-order chi connectivity index (χ1) is 8.58. The fourth-order valence-electron chi connectivity index (χ4n) is 1.81. The lowest BCUT2D eigenvalue weighted by atomic mass is 10.3. The van der Waals surface area contributed by atoms with Crippen LogP contribution in [0.3, 0.4) is 0 Å². The lowest BCUT2D eigenvalue weighted by molar-refractivity contribution is -0.137. The van der Waals surface area contributed by atoms with E-state index in [4.69, 9.17) is 11.5 Å². The van der Waals surface area contributed by atoms with Crippen molar-refractivity contribution in [2.75, 3.05) is 26.2 Å². The van der Waals surface area contributed by atoms with Crippen molar-refractivity contribution in [3.8, 4) is 12.3 Å². The number of carboxylic acid groups (broad SMARTS) is 1. The Hall–Kier alpha value is -1.70. The van der Waals surface area contributed by atoms with Gasteiger partial charge in [-0.2, -0.15) is 0 Å². The molecule has 1 rings (SSSR count). The molecule has 0 aromatic rings. The molecule has 100 valence electrons. The number of urea groups is 1. The Morgan fingerprint density at radius 2 is 2.06 bits per heavy atom. The number of carbonyl (C=O) groups excluding carboxylic acids is 1. The van der Waals surface area contributed by atoms with Gasteiger partial charge >= 0.3 is 12.0 Å². The summed E-state index contributed by atoms with van der Waals surface area (Å²) >= 11 is 0. The minimum atomic E-state index is -1.04. The normalized spacial score (nSPS) is 13.8. The molecule has 0 bridgehead atoms. The second kappa shape index (κ2) is 6.90. The Balaban J connectivity index is 2.63. The van der Waals surface area contributed by atoms with Gasteiger partial charge in [0.15, 0.2) is 0 Å². The van der Waals surface area contributed by atoms with Crippen LogP contribution in [0.2, 0.25) is 0 Å². The molecule has 1 saturated carbocycles. The van der Waals surface area contributed by atoms with E-state index in [-0.39, 0.29) is 19.1 Å². The highest BCUT2D eigenvalue weighted by Gasteiger charge is 2.29. The molecule has 5 heteroatoms. The van der Waals surface area contributed by atoms with E-state index in [1.54, 1.807) is 4.90 Å². The van der Waals surface area contributed by atoms with Gasteiger partial charge in [-0.3, -0.25) is 4.79 Å². The molecule has 18 heavy (non-hydrogen) atoms. The zero-order chi connectivity index (χ0) is 13.5. The lowest BCUT2D eigenvalue weighted by Crippen LogP contribution is -2.46. The largest absolute Gasteiger partial charge is 0.480 e. The summed E-state index contributed by atoms with van der Waals surface area (Å²) in [5.41, 5.74) is 0. The molecule has 0 atom stereocenters. The number of amides is 2. The molecule has 0 aromatic carbocycles. The average molecular weight is 252 g/mol. The van der Waals surface area contributed by atoms with Gasteiger partial charge in [-0.05, 0) is 25.2 Å². The molecule has 0 unspecified atom stereocenters. The van der Waals surface area contributed by atoms with Gasteiger partial charge in [0.05, 0.1) is 6.54 Å². The zero-order valence-electron chi connectivity index (χ0n) is 10.8. The van der Waals surface area contributed by atoms with Crippen molar-refractivity contribution in [2.45, 2.75) is 26.2 Å². The van der Waals surface area contributed by atoms with Crippen LogP contribution in [0.15, 0.2) is 0 Å². The Bertz CT molecular complexity index is 345. The fraction of sp³-hybridized carbons (Fsp3) is 0.692. The van der Waals surface area contributed by atoms with E-state index in [0.717, 1.165) is 19.3 Å². The molecule has 0 heterocycles. The van der Waals surface area contributed by atoms with E-state index in [1.807, 2.05) is 6.92 Å². The van der Waals surface area contributed by atoms with E-state index in [9.17, 15) is 9.59 Å². The van der Waals surface area contributed by atoms with Crippen molar-refractivity contribution < 1.29 is 14.7 Å². The molecule has 0 aliphatic heterocycles. The summed E-state index contributed by atoms with van der Waals surface area (Å²) in [6, 6.07) is -0.260. The first-order valence-electron chi connectivity index (χ1n) is 6.27. The molecule has 0 aromatic heterocycles. The number of aliphatic carboxylic acids is 1. The van der Waals surface area contributed by atoms with Crippen LogP contribution in [0.25, 0.3) is 0 Å². The van der Waals surface area contributed by atoms with Crippen molar-refractivity contribution in [3.05, 3.63) is 0 Å². The van der Waals surface area contributed by atoms with Gasteiger partial charge in [-0.1, -0.05) is 12.8 Å². The van der Waals surface area contributed by atoms with Crippen LogP contribution < -0.4 is 0 Å². The van der Waals surface area contributed by atoms with Crippen LogP contribution in [0.4, 0.5) is 4.79 Å². The number of terminal acetylenes is 1. The highest BCUT2D eigenvalue weighted by molar-refractivity contribution is 5.80. The van der Waals surface area contributed by atoms with Crippen LogP contribution in [-0.4, -0.2) is 53.1 Å². The van der Waals surface area contributed by atoms with Gasteiger partial charge in [0, 0.05) is 13.1 Å². The first kappa shape index (κ1) is 14.4. The zero-order valence-corrected chi connectivity index (χ0v) is 10.8. The van der Waals surface area contributed by atoms with Crippen molar-refractivity contribution >= 4 is 12.0 Å². The van der Waals surface area contributed by atoms with Crippen LogP contribution in [0.1, 0.15) is 26.2 Å². The van der Waals surface area contributed by atoms with E-state index >= 15 is 0 Å². The van der Waals surface area contributed by atoms with Gasteiger partial charge in [-0.25, -0.2) is 4.79 Å². The Kier molecular flexibility index (Phi) is 5.50. The summed E-state index contributed by atoms with van der Waals surface area (Å²) in [5.74, 6) is 1.88. The lowest BCUT2D eigenvalue weighted by Gasteiger charge is -2.28. The summed E-state index contributed by atoms with van der Waals surface area (Å²) in [6.07, 6.45) is 8.34. The maximum absolute atomic E-state index is 12.2. The third-order valence-corrected chi connectivity index (χ3v) is 2.82. The SMILES string of the molecule is C#CCN(CC(=O)O)C(=O)N(CCC)CC1CC1. The second-order valence-electron chi connectivity index (χ2n) is 4.63. The molecule has 1 aliphatic carbocycles. The van der Waals surface area contributed by atoms with Gasteiger partial charge < -0.3 is 14.9 Å². The molecular weight excluding hydrogens is 232 g/mol. The van der Waals surface area contributed by atoms with Crippen molar-refractivity contribution in [2.24, 2.45) is 5.92 Å². The van der Waals surface area contributed by atoms with E-state index in [0.29, 0.717) is 19.0 Å². The molecule has 0 spiro atoms. The van der Waals surface area contributed by atoms with Crippen LogP contribution in [0, 0.1) is 18.3 Å². The Labute approximate surface area is 108 Å². The van der Waals surface area contributed by atoms with Gasteiger partial charge in [-0.15, -0.1) is 6.42 Å². The quantitative estimate of drug-likeness (QED) is 0.694. The van der Waals surface area contributed by atoms with Crippen LogP contribution >= 0.6 is 0 Å². The highest BCUT2D eigenvalue weighted by atomic mass is 16.4. The molecule has 2 amide bonds. The van der Waals surface area contributed by atoms with E-state index in [2.05, 4.69) is 5.92 Å². The molecular formula is C13H20N2O3. The maximum Gasteiger partial charge on any atom is 0.323 e. The molecule has 0 radical (unpaired) electrons. The number of carboxylic acids is 1. The van der Waals surface area contributed by atoms with Gasteiger partial charge in [0.2, 0.25) is 0 Å². The molecule has 1 aliphatic rings. The van der Waals surface area contributed by atoms with Gasteiger partial charge in [0.25, 0.3) is 0 Å². The number of hydrogen-bond acceptors (Lipinski definition) is 2. The Morgan fingerprint density at radius 1 is 1.39 bits per heavy atom. The summed E-state index contributed by atoms with van der Waals surface area (Å²) in [7, 11) is 0. The first-order valence-corrected chi connectivity index (χ1v) is 6.27. The summed E-state index contributed by atoms with van der Waals surface area (Å²) in [4.78, 5) is 25.9. The third-order valence-electron chi connectivity index (χ3n) is 2.82. The number of carbonyl (C=O) groups is 2. The second-order valence-corrected chi connectivity index (χ2v) is 4.63. The molecule has 5 nitrogen and oxygen atoms in total. The minimum Gasteiger partial charge on any atom is -0.480 e. The summed E-state index contributed by atoms with van der Waals surface area (Å²) < 4.78 is 0. The predicted octanol–water partition coefficient (Wildman–Crippen LogP) is 1.25. The smallest absolute Gasteiger partial charge is 0.323 e. The summed E-state index contributed by atoms with van der Waals surface area (Å²) in [6.45, 7) is 3.06. The number of nitrogens with zero attached hydrogens (tertiary/aromatic N) is 2. The minimum absolute atomic E-state index is 0.0377. The van der Waals surface area contributed by atoms with Crippen LogP contribution in [-0.2, 0) is 4.79 Å². The molecule has 1 N–H and O–H groups in total. The maximum atomic E-state index is 12.2. The monoisotopic (exact) mass is 252 g/mol. The van der Waals surface area contributed by atoms with Crippen molar-refractivity contribution in [3.63, 3.8) is 0 Å². The standard InChI is InChI=1S/C13H20N2O3/c1-3-7-14(9-11-5-6-11)13(18)15(8-4-2)10-12(16)17/h2,11H,3,5-10H2,1H3,(H,16,17). The van der Waals surface area contributed by atoms with Crippen molar-refractivity contribution in [1.29, 1.82) is 0 Å². The number of hydrogen-bond donors (Lipinski definition) is 1. The fourth-order valence-corrected chi connectivity index (χ4v) is 1.81. The predicted molar refractivity (Wildman–Crippen MR) is 68.0 cm³/mol. The van der Waals surface area contributed by atoms with E-state index in [1.165, 1.54) is 4.90 Å². The highest BCUT2D eigenvalue weighted by Crippen LogP contribution is 2.30. The topological polar surface area (TPSA) is 60.9 Å². The molecule has 1 fully saturated rings. The van der Waals surface area contributed by atoms with Crippen molar-refractivity contribution in [1.82, 2.24) is 9.80 Å².